The van der Waals surface area contributed by atoms with E-state index >= 15 is 0 Å². The van der Waals surface area contributed by atoms with Crippen LogP contribution in [-0.2, 0) is 4.79 Å². The van der Waals surface area contributed by atoms with Crippen LogP contribution in [0.25, 0.3) is 15.6 Å². The molecule has 2 N–H and O–H groups in total. The standard InChI is InChI=1S/C13H10N2O2/c1-14-8-13(17)15-11-6-2-5-10-9(11)4-3-7-12(10)16/h2-7,16H,8H2,(H,15,17). The second-order valence-electron chi connectivity index (χ2n) is 3.54. The first-order valence-electron chi connectivity index (χ1n) is 5.06. The number of nitrogens with one attached hydrogen (secondary N) is 1. The van der Waals surface area contributed by atoms with Gasteiger partial charge in [0.25, 0.3) is 6.54 Å². The number of amides is 1. The zero-order chi connectivity index (χ0) is 12.3. The molecule has 0 fully saturated rings. The second-order valence-corrected chi connectivity index (χ2v) is 3.54. The number of fused-ring (bicyclic) bond motifs is 1. The van der Waals surface area contributed by atoms with Crippen LogP contribution in [0, 0.1) is 6.57 Å². The van der Waals surface area contributed by atoms with Crippen molar-refractivity contribution in [3.8, 4) is 5.75 Å². The number of hydrogen-bond donors (Lipinski definition) is 2. The van der Waals surface area contributed by atoms with Gasteiger partial charge in [0.1, 0.15) is 5.75 Å². The molecule has 4 heteroatoms. The Bertz CT molecular complexity index is 614. The summed E-state index contributed by atoms with van der Waals surface area (Å²) in [4.78, 5) is 14.4. The molecule has 0 aliphatic carbocycles. The van der Waals surface area contributed by atoms with Crippen LogP contribution in [0.15, 0.2) is 36.4 Å². The summed E-state index contributed by atoms with van der Waals surface area (Å²) in [5, 5.41) is 13.8. The molecule has 4 nitrogen and oxygen atoms in total. The van der Waals surface area contributed by atoms with E-state index in [2.05, 4.69) is 10.2 Å². The van der Waals surface area contributed by atoms with Crippen molar-refractivity contribution in [2.24, 2.45) is 0 Å². The quantitative estimate of drug-likeness (QED) is 0.772. The molecular formula is C13H10N2O2. The van der Waals surface area contributed by atoms with Crippen molar-refractivity contribution in [3.05, 3.63) is 47.8 Å². The number of nitrogens with zero attached hydrogens (tertiary/aromatic N) is 1. The Balaban J connectivity index is 2.45. The summed E-state index contributed by atoms with van der Waals surface area (Å²) in [7, 11) is 0. The number of benzene rings is 2. The first-order chi connectivity index (χ1) is 8.22. The molecule has 0 aromatic heterocycles. The van der Waals surface area contributed by atoms with Crippen LogP contribution >= 0.6 is 0 Å². The van der Waals surface area contributed by atoms with Gasteiger partial charge < -0.3 is 15.3 Å². The SMILES string of the molecule is [C-]#[N+]CC(=O)Nc1cccc2c(O)cccc12. The zero-order valence-electron chi connectivity index (χ0n) is 8.97. The average molecular weight is 226 g/mol. The Morgan fingerprint density at radius 2 is 1.94 bits per heavy atom. The van der Waals surface area contributed by atoms with E-state index in [-0.39, 0.29) is 18.2 Å². The number of hydrogen-bond acceptors (Lipinski definition) is 2. The predicted molar refractivity (Wildman–Crippen MR) is 65.7 cm³/mol. The maximum atomic E-state index is 11.4. The largest absolute Gasteiger partial charge is 0.507 e. The van der Waals surface area contributed by atoms with Crippen molar-refractivity contribution >= 4 is 22.4 Å². The molecule has 0 unspecified atom stereocenters. The van der Waals surface area contributed by atoms with E-state index in [0.29, 0.717) is 11.1 Å². The number of phenols is 1. The summed E-state index contributed by atoms with van der Waals surface area (Å²) in [6, 6.07) is 10.4. The van der Waals surface area contributed by atoms with E-state index in [9.17, 15) is 9.90 Å². The summed E-state index contributed by atoms with van der Waals surface area (Å²) >= 11 is 0. The van der Waals surface area contributed by atoms with Crippen molar-refractivity contribution in [2.75, 3.05) is 11.9 Å². The third-order valence-electron chi connectivity index (χ3n) is 2.40. The van der Waals surface area contributed by atoms with Crippen LogP contribution in [0.5, 0.6) is 5.75 Å². The summed E-state index contributed by atoms with van der Waals surface area (Å²) in [5.41, 5.74) is 0.604. The van der Waals surface area contributed by atoms with Gasteiger partial charge in [0.05, 0.1) is 0 Å². The van der Waals surface area contributed by atoms with Crippen LogP contribution in [0.1, 0.15) is 0 Å². The van der Waals surface area contributed by atoms with Crippen LogP contribution in [-0.4, -0.2) is 17.6 Å². The van der Waals surface area contributed by atoms with E-state index in [1.807, 2.05) is 6.07 Å². The third kappa shape index (κ3) is 2.18. The van der Waals surface area contributed by atoms with Crippen LogP contribution in [0.2, 0.25) is 0 Å². The first kappa shape index (κ1) is 11.0. The first-order valence-corrected chi connectivity index (χ1v) is 5.06. The Morgan fingerprint density at radius 3 is 2.71 bits per heavy atom. The molecule has 84 valence electrons. The van der Waals surface area contributed by atoms with Crippen LogP contribution < -0.4 is 5.32 Å². The summed E-state index contributed by atoms with van der Waals surface area (Å²) in [6.45, 7) is 6.42. The number of anilines is 1. The number of rotatable bonds is 2. The van der Waals surface area contributed by atoms with Crippen molar-refractivity contribution in [2.45, 2.75) is 0 Å². The maximum Gasteiger partial charge on any atom is 0.304 e. The molecule has 0 heterocycles. The Hall–Kier alpha value is -2.54. The number of carbonyl (C=O) groups is 1. The molecule has 2 rings (SSSR count). The summed E-state index contributed by atoms with van der Waals surface area (Å²) in [5.74, 6) is -0.181. The lowest BCUT2D eigenvalue weighted by Crippen LogP contribution is -2.13. The highest BCUT2D eigenvalue weighted by molar-refractivity contribution is 6.04. The lowest BCUT2D eigenvalue weighted by Gasteiger charge is -2.07. The molecule has 0 aliphatic rings. The summed E-state index contributed by atoms with van der Waals surface area (Å²) in [6.07, 6.45) is 0. The lowest BCUT2D eigenvalue weighted by atomic mass is 10.1. The normalized spacial score (nSPS) is 9.82. The molecular weight excluding hydrogens is 216 g/mol. The number of phenolic OH excluding ortho intramolecular Hbond substituents is 1. The highest BCUT2D eigenvalue weighted by Crippen LogP contribution is 2.29. The average Bonchev–Trinajstić information content (AvgIpc) is 2.31. The van der Waals surface area contributed by atoms with Crippen molar-refractivity contribution < 1.29 is 9.90 Å². The fourth-order valence-electron chi connectivity index (χ4n) is 1.66. The monoisotopic (exact) mass is 226 g/mol. The second kappa shape index (κ2) is 4.54. The Morgan fingerprint density at radius 1 is 1.24 bits per heavy atom. The minimum absolute atomic E-state index is 0.170. The van der Waals surface area contributed by atoms with Gasteiger partial charge >= 0.3 is 5.91 Å². The molecule has 2 aromatic carbocycles. The van der Waals surface area contributed by atoms with Gasteiger partial charge in [-0.1, -0.05) is 24.3 Å². The van der Waals surface area contributed by atoms with Crippen LogP contribution in [0.4, 0.5) is 5.69 Å². The Labute approximate surface area is 98.3 Å². The molecule has 0 radical (unpaired) electrons. The van der Waals surface area contributed by atoms with Gasteiger partial charge in [-0.2, -0.15) is 0 Å². The Kier molecular flexibility index (Phi) is 2.93. The topological polar surface area (TPSA) is 53.7 Å². The molecule has 2 aromatic rings. The van der Waals surface area contributed by atoms with Gasteiger partial charge in [-0.3, -0.25) is 4.79 Å². The molecule has 0 atom stereocenters. The van der Waals surface area contributed by atoms with E-state index in [1.54, 1.807) is 30.3 Å². The third-order valence-corrected chi connectivity index (χ3v) is 2.40. The molecule has 17 heavy (non-hydrogen) atoms. The fraction of sp³-hybridized carbons (Fsp3) is 0.0769. The van der Waals surface area contributed by atoms with Gasteiger partial charge in [0.15, 0.2) is 0 Å². The van der Waals surface area contributed by atoms with Gasteiger partial charge in [-0.25, -0.2) is 6.57 Å². The predicted octanol–water partition coefficient (Wildman–Crippen LogP) is 2.40. The van der Waals surface area contributed by atoms with Crippen molar-refractivity contribution in [1.29, 1.82) is 0 Å². The van der Waals surface area contributed by atoms with Crippen molar-refractivity contribution in [3.63, 3.8) is 0 Å². The van der Waals surface area contributed by atoms with Crippen molar-refractivity contribution in [1.82, 2.24) is 0 Å². The van der Waals surface area contributed by atoms with Crippen LogP contribution in [0.3, 0.4) is 0 Å². The fourth-order valence-corrected chi connectivity index (χ4v) is 1.66. The number of aromatic hydroxyl groups is 1. The van der Waals surface area contributed by atoms with E-state index in [1.165, 1.54) is 0 Å². The minimum atomic E-state index is -0.351. The summed E-state index contributed by atoms with van der Waals surface area (Å²) < 4.78 is 0. The zero-order valence-corrected chi connectivity index (χ0v) is 8.97. The molecule has 0 bridgehead atoms. The van der Waals surface area contributed by atoms with E-state index in [0.717, 1.165) is 5.39 Å². The molecule has 0 saturated carbocycles. The molecule has 0 saturated heterocycles. The van der Waals surface area contributed by atoms with E-state index < -0.39 is 0 Å². The molecule has 1 amide bonds. The molecule has 0 aliphatic heterocycles. The smallest absolute Gasteiger partial charge is 0.304 e. The highest BCUT2D eigenvalue weighted by Gasteiger charge is 2.08. The van der Waals surface area contributed by atoms with Gasteiger partial charge in [-0.15, -0.1) is 0 Å². The highest BCUT2D eigenvalue weighted by atomic mass is 16.3. The van der Waals surface area contributed by atoms with Gasteiger partial charge in [0, 0.05) is 16.5 Å². The van der Waals surface area contributed by atoms with Gasteiger partial charge in [-0.05, 0) is 12.1 Å². The molecule has 0 spiro atoms. The lowest BCUT2D eigenvalue weighted by molar-refractivity contribution is -0.114. The van der Waals surface area contributed by atoms with Gasteiger partial charge in [0.2, 0.25) is 0 Å². The minimum Gasteiger partial charge on any atom is -0.507 e. The number of carbonyl (C=O) groups excluding carboxylic acids is 1. The van der Waals surface area contributed by atoms with E-state index in [4.69, 9.17) is 6.57 Å². The maximum absolute atomic E-state index is 11.4.